The van der Waals surface area contributed by atoms with Crippen molar-refractivity contribution < 1.29 is 4.79 Å². The fourth-order valence-corrected chi connectivity index (χ4v) is 3.51. The van der Waals surface area contributed by atoms with Gasteiger partial charge in [-0.3, -0.25) is 4.79 Å². The van der Waals surface area contributed by atoms with Crippen molar-refractivity contribution in [2.75, 3.05) is 18.2 Å². The summed E-state index contributed by atoms with van der Waals surface area (Å²) in [5, 5.41) is 0. The summed E-state index contributed by atoms with van der Waals surface area (Å²) in [6.07, 6.45) is 1.65. The highest BCUT2D eigenvalue weighted by Crippen LogP contribution is 2.32. The Bertz CT molecular complexity index is 432. The van der Waals surface area contributed by atoms with Gasteiger partial charge in [-0.2, -0.15) is 0 Å². The normalized spacial score (nSPS) is 17.2. The van der Waals surface area contributed by atoms with E-state index in [0.29, 0.717) is 18.2 Å². The van der Waals surface area contributed by atoms with Gasteiger partial charge in [-0.15, -0.1) is 11.8 Å². The molecule has 110 valence electrons. The Morgan fingerprint density at radius 2 is 2.00 bits per heavy atom. The van der Waals surface area contributed by atoms with Gasteiger partial charge in [0.2, 0.25) is 5.91 Å². The molecule has 0 saturated carbocycles. The standard InChI is InChI=1S/C17H25NOS/c1-17(2,3)15(11-14-7-5-4-6-8-14)12-16(19)18-9-10-20-13-18/h4-8,15H,9-13H2,1-3H3. The van der Waals surface area contributed by atoms with Gasteiger partial charge < -0.3 is 4.90 Å². The molecule has 1 aromatic rings. The average molecular weight is 291 g/mol. The number of hydrogen-bond acceptors (Lipinski definition) is 2. The SMILES string of the molecule is CC(C)(C)C(CC(=O)N1CCSC1)Cc1ccccc1. The zero-order valence-corrected chi connectivity index (χ0v) is 13.6. The highest BCUT2D eigenvalue weighted by Gasteiger charge is 2.29. The fraction of sp³-hybridized carbons (Fsp3) is 0.588. The third-order valence-electron chi connectivity index (χ3n) is 4.08. The van der Waals surface area contributed by atoms with E-state index in [0.717, 1.165) is 24.6 Å². The van der Waals surface area contributed by atoms with Gasteiger partial charge in [-0.1, -0.05) is 51.1 Å². The number of thioether (sulfide) groups is 1. The highest BCUT2D eigenvalue weighted by atomic mass is 32.2. The summed E-state index contributed by atoms with van der Waals surface area (Å²) in [5.74, 6) is 2.68. The Hall–Kier alpha value is -0.960. The summed E-state index contributed by atoms with van der Waals surface area (Å²) in [6.45, 7) is 7.65. The minimum absolute atomic E-state index is 0.151. The molecule has 2 nitrogen and oxygen atoms in total. The Morgan fingerprint density at radius 3 is 2.55 bits per heavy atom. The molecule has 1 aliphatic rings. The molecule has 1 aromatic carbocycles. The van der Waals surface area contributed by atoms with Crippen LogP contribution in [0.4, 0.5) is 0 Å². The van der Waals surface area contributed by atoms with Gasteiger partial charge in [0, 0.05) is 18.7 Å². The largest absolute Gasteiger partial charge is 0.333 e. The van der Waals surface area contributed by atoms with Crippen LogP contribution in [0.2, 0.25) is 0 Å². The Kier molecular flexibility index (Phi) is 5.14. The van der Waals surface area contributed by atoms with Gasteiger partial charge in [-0.25, -0.2) is 0 Å². The van der Waals surface area contributed by atoms with Crippen molar-refractivity contribution in [3.05, 3.63) is 35.9 Å². The van der Waals surface area contributed by atoms with Gasteiger partial charge in [-0.05, 0) is 23.3 Å². The lowest BCUT2D eigenvalue weighted by molar-refractivity contribution is -0.131. The molecule has 1 unspecified atom stereocenters. The van der Waals surface area contributed by atoms with Gasteiger partial charge in [0.15, 0.2) is 0 Å². The molecule has 0 aromatic heterocycles. The predicted octanol–water partition coefficient (Wildman–Crippen LogP) is 3.81. The van der Waals surface area contributed by atoms with Crippen molar-refractivity contribution in [3.63, 3.8) is 0 Å². The lowest BCUT2D eigenvalue weighted by atomic mass is 9.75. The minimum atomic E-state index is 0.151. The third-order valence-corrected chi connectivity index (χ3v) is 5.04. The van der Waals surface area contributed by atoms with E-state index in [1.165, 1.54) is 5.56 Å². The number of carbonyl (C=O) groups excluding carboxylic acids is 1. The minimum Gasteiger partial charge on any atom is -0.333 e. The molecule has 1 fully saturated rings. The van der Waals surface area contributed by atoms with E-state index in [1.54, 1.807) is 0 Å². The van der Waals surface area contributed by atoms with E-state index in [4.69, 9.17) is 0 Å². The van der Waals surface area contributed by atoms with Crippen LogP contribution in [-0.2, 0) is 11.2 Å². The fourth-order valence-electron chi connectivity index (χ4n) is 2.53. The van der Waals surface area contributed by atoms with Crippen LogP contribution in [0.5, 0.6) is 0 Å². The maximum Gasteiger partial charge on any atom is 0.223 e. The number of hydrogen-bond donors (Lipinski definition) is 0. The van der Waals surface area contributed by atoms with Crippen molar-refractivity contribution >= 4 is 17.7 Å². The van der Waals surface area contributed by atoms with Crippen LogP contribution in [-0.4, -0.2) is 29.0 Å². The predicted molar refractivity (Wildman–Crippen MR) is 86.7 cm³/mol. The molecule has 20 heavy (non-hydrogen) atoms. The third kappa shape index (κ3) is 4.27. The zero-order valence-electron chi connectivity index (χ0n) is 12.8. The summed E-state index contributed by atoms with van der Waals surface area (Å²) < 4.78 is 0. The second kappa shape index (κ2) is 6.66. The first-order chi connectivity index (χ1) is 9.47. The number of amides is 1. The molecule has 0 bridgehead atoms. The number of benzene rings is 1. The lowest BCUT2D eigenvalue weighted by Crippen LogP contribution is -2.33. The summed E-state index contributed by atoms with van der Waals surface area (Å²) >= 11 is 1.85. The molecule has 1 heterocycles. The first-order valence-electron chi connectivity index (χ1n) is 7.36. The molecule has 1 aliphatic heterocycles. The van der Waals surface area contributed by atoms with Gasteiger partial charge in [0.25, 0.3) is 0 Å². The molecular formula is C17H25NOS. The van der Waals surface area contributed by atoms with E-state index >= 15 is 0 Å². The number of carbonyl (C=O) groups is 1. The zero-order chi connectivity index (χ0) is 14.6. The maximum absolute atomic E-state index is 12.4. The summed E-state index contributed by atoms with van der Waals surface area (Å²) in [4.78, 5) is 14.4. The van der Waals surface area contributed by atoms with Gasteiger partial charge >= 0.3 is 0 Å². The summed E-state index contributed by atoms with van der Waals surface area (Å²) in [6, 6.07) is 10.5. The average Bonchev–Trinajstić information content (AvgIpc) is 2.92. The van der Waals surface area contributed by atoms with E-state index in [1.807, 2.05) is 22.7 Å². The van der Waals surface area contributed by atoms with Crippen LogP contribution in [0.25, 0.3) is 0 Å². The van der Waals surface area contributed by atoms with Gasteiger partial charge in [0.1, 0.15) is 0 Å². The molecule has 2 rings (SSSR count). The van der Waals surface area contributed by atoms with E-state index in [2.05, 4.69) is 45.0 Å². The molecule has 0 N–H and O–H groups in total. The van der Waals surface area contributed by atoms with Crippen LogP contribution in [0.1, 0.15) is 32.8 Å². The molecular weight excluding hydrogens is 266 g/mol. The van der Waals surface area contributed by atoms with E-state index < -0.39 is 0 Å². The van der Waals surface area contributed by atoms with Crippen LogP contribution in [0, 0.1) is 11.3 Å². The number of nitrogens with zero attached hydrogens (tertiary/aromatic N) is 1. The Balaban J connectivity index is 2.02. The molecule has 0 radical (unpaired) electrons. The quantitative estimate of drug-likeness (QED) is 0.840. The molecule has 1 atom stereocenters. The first kappa shape index (κ1) is 15.4. The van der Waals surface area contributed by atoms with Crippen LogP contribution < -0.4 is 0 Å². The highest BCUT2D eigenvalue weighted by molar-refractivity contribution is 7.99. The van der Waals surface area contributed by atoms with Crippen molar-refractivity contribution in [1.82, 2.24) is 4.90 Å². The van der Waals surface area contributed by atoms with Crippen LogP contribution >= 0.6 is 11.8 Å². The van der Waals surface area contributed by atoms with Crippen molar-refractivity contribution in [1.29, 1.82) is 0 Å². The topological polar surface area (TPSA) is 20.3 Å². The summed E-state index contributed by atoms with van der Waals surface area (Å²) in [7, 11) is 0. The monoisotopic (exact) mass is 291 g/mol. The second-order valence-electron chi connectivity index (χ2n) is 6.65. The molecule has 3 heteroatoms. The molecule has 0 spiro atoms. The molecule has 0 aliphatic carbocycles. The van der Waals surface area contributed by atoms with Crippen molar-refractivity contribution in [2.24, 2.45) is 11.3 Å². The molecule has 1 saturated heterocycles. The molecule has 1 amide bonds. The van der Waals surface area contributed by atoms with Crippen LogP contribution in [0.3, 0.4) is 0 Å². The van der Waals surface area contributed by atoms with Crippen molar-refractivity contribution in [3.8, 4) is 0 Å². The lowest BCUT2D eigenvalue weighted by Gasteiger charge is -2.31. The Morgan fingerprint density at radius 1 is 1.30 bits per heavy atom. The van der Waals surface area contributed by atoms with E-state index in [9.17, 15) is 4.79 Å². The Labute approximate surface area is 126 Å². The second-order valence-corrected chi connectivity index (χ2v) is 7.73. The van der Waals surface area contributed by atoms with Crippen molar-refractivity contribution in [2.45, 2.75) is 33.6 Å². The number of rotatable bonds is 4. The maximum atomic E-state index is 12.4. The van der Waals surface area contributed by atoms with Crippen LogP contribution in [0.15, 0.2) is 30.3 Å². The van der Waals surface area contributed by atoms with Gasteiger partial charge in [0.05, 0.1) is 5.88 Å². The van der Waals surface area contributed by atoms with E-state index in [-0.39, 0.29) is 5.41 Å². The first-order valence-corrected chi connectivity index (χ1v) is 8.52. The smallest absolute Gasteiger partial charge is 0.223 e. The summed E-state index contributed by atoms with van der Waals surface area (Å²) in [5.41, 5.74) is 1.48.